The maximum absolute atomic E-state index is 4.61. The summed E-state index contributed by atoms with van der Waals surface area (Å²) in [5.41, 5.74) is 2.89. The van der Waals surface area contributed by atoms with Gasteiger partial charge in [-0.2, -0.15) is 5.10 Å². The van der Waals surface area contributed by atoms with E-state index >= 15 is 0 Å². The lowest BCUT2D eigenvalue weighted by Crippen LogP contribution is -2.38. The fourth-order valence-corrected chi connectivity index (χ4v) is 2.47. The molecule has 1 N–H and O–H groups in total. The minimum Gasteiger partial charge on any atom is -0.316 e. The van der Waals surface area contributed by atoms with Crippen molar-refractivity contribution < 1.29 is 0 Å². The molecule has 0 bridgehead atoms. The summed E-state index contributed by atoms with van der Waals surface area (Å²) in [6, 6.07) is 2.81. The van der Waals surface area contributed by atoms with E-state index in [1.807, 2.05) is 0 Å². The van der Waals surface area contributed by atoms with Gasteiger partial charge in [0.25, 0.3) is 0 Å². The van der Waals surface area contributed by atoms with Crippen molar-refractivity contribution in [3.63, 3.8) is 0 Å². The van der Waals surface area contributed by atoms with Gasteiger partial charge in [-0.1, -0.05) is 27.7 Å². The average molecular weight is 251 g/mol. The molecule has 0 amide bonds. The van der Waals surface area contributed by atoms with Gasteiger partial charge in [-0.15, -0.1) is 0 Å². The molecule has 1 aromatic heterocycles. The minimum atomic E-state index is 0.305. The van der Waals surface area contributed by atoms with Gasteiger partial charge in [0.2, 0.25) is 0 Å². The Morgan fingerprint density at radius 3 is 2.44 bits per heavy atom. The van der Waals surface area contributed by atoms with E-state index in [1.165, 1.54) is 11.4 Å². The van der Waals surface area contributed by atoms with Gasteiger partial charge in [0.15, 0.2) is 0 Å². The van der Waals surface area contributed by atoms with Crippen LogP contribution in [0.5, 0.6) is 0 Å². The summed E-state index contributed by atoms with van der Waals surface area (Å²) < 4.78 is 2.15. The van der Waals surface area contributed by atoms with E-state index in [0.717, 1.165) is 25.8 Å². The lowest BCUT2D eigenvalue weighted by Gasteiger charge is -2.30. The Hall–Kier alpha value is -0.830. The highest BCUT2D eigenvalue weighted by atomic mass is 15.3. The molecule has 0 aliphatic heterocycles. The third-order valence-corrected chi connectivity index (χ3v) is 3.66. The maximum Gasteiger partial charge on any atom is 0.0624 e. The van der Waals surface area contributed by atoms with Gasteiger partial charge in [-0.05, 0) is 44.7 Å². The smallest absolute Gasteiger partial charge is 0.0624 e. The van der Waals surface area contributed by atoms with Crippen molar-refractivity contribution in [2.45, 2.75) is 66.5 Å². The van der Waals surface area contributed by atoms with Crippen LogP contribution in [0.25, 0.3) is 0 Å². The molecule has 1 heterocycles. The second-order valence-electron chi connectivity index (χ2n) is 6.04. The molecule has 0 spiro atoms. The van der Waals surface area contributed by atoms with Crippen LogP contribution in [0.3, 0.4) is 0 Å². The van der Waals surface area contributed by atoms with Crippen LogP contribution in [0.4, 0.5) is 0 Å². The van der Waals surface area contributed by atoms with Crippen LogP contribution in [0.15, 0.2) is 6.07 Å². The SMILES string of the molecule is CCc1cc(CCC(NC)C(C)(C)C)n(CC)n1. The first-order valence-electron chi connectivity index (χ1n) is 7.15. The number of rotatable bonds is 6. The second kappa shape index (κ2) is 6.37. The van der Waals surface area contributed by atoms with Crippen LogP contribution >= 0.6 is 0 Å². The number of nitrogens with one attached hydrogen (secondary N) is 1. The average Bonchev–Trinajstić information content (AvgIpc) is 2.70. The predicted molar refractivity (Wildman–Crippen MR) is 77.9 cm³/mol. The fraction of sp³-hybridized carbons (Fsp3) is 0.800. The standard InChI is InChI=1S/C15H29N3/c1-7-12-11-13(18(8-2)17-12)9-10-14(16-6)15(3,4)5/h11,14,16H,7-10H2,1-6H3. The number of hydrogen-bond donors (Lipinski definition) is 1. The molecule has 1 unspecified atom stereocenters. The summed E-state index contributed by atoms with van der Waals surface area (Å²) in [6.45, 7) is 12.2. The first kappa shape index (κ1) is 15.2. The lowest BCUT2D eigenvalue weighted by atomic mass is 9.84. The molecule has 1 rings (SSSR count). The van der Waals surface area contributed by atoms with Crippen molar-refractivity contribution in [3.8, 4) is 0 Å². The molecular weight excluding hydrogens is 222 g/mol. The normalized spacial score (nSPS) is 13.9. The van der Waals surface area contributed by atoms with E-state index in [0.29, 0.717) is 11.5 Å². The quantitative estimate of drug-likeness (QED) is 0.842. The monoisotopic (exact) mass is 251 g/mol. The van der Waals surface area contributed by atoms with E-state index in [4.69, 9.17) is 0 Å². The molecule has 1 aromatic rings. The first-order valence-corrected chi connectivity index (χ1v) is 7.15. The molecular formula is C15H29N3. The van der Waals surface area contributed by atoms with Crippen molar-refractivity contribution in [2.24, 2.45) is 5.41 Å². The van der Waals surface area contributed by atoms with Gasteiger partial charge in [0.1, 0.15) is 0 Å². The number of aryl methyl sites for hydroxylation is 3. The summed E-state index contributed by atoms with van der Waals surface area (Å²) in [5.74, 6) is 0. The van der Waals surface area contributed by atoms with Gasteiger partial charge in [-0.25, -0.2) is 0 Å². The molecule has 0 aliphatic carbocycles. The first-order chi connectivity index (χ1) is 8.42. The van der Waals surface area contributed by atoms with Gasteiger partial charge in [0.05, 0.1) is 5.69 Å². The van der Waals surface area contributed by atoms with Crippen LogP contribution in [-0.2, 0) is 19.4 Å². The van der Waals surface area contributed by atoms with Gasteiger partial charge in [0, 0.05) is 18.3 Å². The highest BCUT2D eigenvalue weighted by Gasteiger charge is 2.23. The molecule has 3 heteroatoms. The Kier molecular flexibility index (Phi) is 5.39. The Labute approximate surface area is 112 Å². The molecule has 18 heavy (non-hydrogen) atoms. The van der Waals surface area contributed by atoms with E-state index in [2.05, 4.69) is 62.8 Å². The van der Waals surface area contributed by atoms with E-state index in [1.54, 1.807) is 0 Å². The lowest BCUT2D eigenvalue weighted by molar-refractivity contribution is 0.266. The molecule has 0 saturated carbocycles. The fourth-order valence-electron chi connectivity index (χ4n) is 2.47. The van der Waals surface area contributed by atoms with Crippen molar-refractivity contribution in [1.29, 1.82) is 0 Å². The molecule has 1 atom stereocenters. The molecule has 104 valence electrons. The largest absolute Gasteiger partial charge is 0.316 e. The van der Waals surface area contributed by atoms with E-state index in [9.17, 15) is 0 Å². The number of nitrogens with zero attached hydrogens (tertiary/aromatic N) is 2. The van der Waals surface area contributed by atoms with Crippen molar-refractivity contribution in [2.75, 3.05) is 7.05 Å². The molecule has 0 aromatic carbocycles. The van der Waals surface area contributed by atoms with Crippen LogP contribution in [-0.4, -0.2) is 22.9 Å². The molecule has 3 nitrogen and oxygen atoms in total. The summed E-state index contributed by atoms with van der Waals surface area (Å²) in [5, 5.41) is 8.05. The molecule has 0 saturated heterocycles. The summed E-state index contributed by atoms with van der Waals surface area (Å²) in [6.07, 6.45) is 3.28. The van der Waals surface area contributed by atoms with E-state index < -0.39 is 0 Å². The van der Waals surface area contributed by atoms with Crippen molar-refractivity contribution in [1.82, 2.24) is 15.1 Å². The zero-order valence-corrected chi connectivity index (χ0v) is 12.9. The van der Waals surface area contributed by atoms with E-state index in [-0.39, 0.29) is 0 Å². The Bertz CT molecular complexity index is 360. The Balaban J connectivity index is 2.70. The van der Waals surface area contributed by atoms with Crippen LogP contribution in [0.2, 0.25) is 0 Å². The Morgan fingerprint density at radius 1 is 1.33 bits per heavy atom. The predicted octanol–water partition coefficient (Wildman–Crippen LogP) is 3.03. The summed E-state index contributed by atoms with van der Waals surface area (Å²) in [4.78, 5) is 0. The maximum atomic E-state index is 4.61. The third-order valence-electron chi connectivity index (χ3n) is 3.66. The third kappa shape index (κ3) is 3.84. The Morgan fingerprint density at radius 2 is 2.00 bits per heavy atom. The van der Waals surface area contributed by atoms with Crippen LogP contribution in [0.1, 0.15) is 52.4 Å². The summed E-state index contributed by atoms with van der Waals surface area (Å²) >= 11 is 0. The minimum absolute atomic E-state index is 0.305. The zero-order chi connectivity index (χ0) is 13.8. The van der Waals surface area contributed by atoms with Crippen LogP contribution in [0, 0.1) is 5.41 Å². The number of hydrogen-bond acceptors (Lipinski definition) is 2. The number of aromatic nitrogens is 2. The zero-order valence-electron chi connectivity index (χ0n) is 12.9. The van der Waals surface area contributed by atoms with Crippen molar-refractivity contribution in [3.05, 3.63) is 17.5 Å². The van der Waals surface area contributed by atoms with Gasteiger partial charge < -0.3 is 5.32 Å². The summed E-state index contributed by atoms with van der Waals surface area (Å²) in [7, 11) is 2.06. The molecule has 0 fully saturated rings. The topological polar surface area (TPSA) is 29.9 Å². The second-order valence-corrected chi connectivity index (χ2v) is 6.04. The van der Waals surface area contributed by atoms with Crippen LogP contribution < -0.4 is 5.32 Å². The molecule has 0 aliphatic rings. The highest BCUT2D eigenvalue weighted by molar-refractivity contribution is 5.11. The van der Waals surface area contributed by atoms with Gasteiger partial charge in [-0.3, -0.25) is 4.68 Å². The van der Waals surface area contributed by atoms with Gasteiger partial charge >= 0.3 is 0 Å². The molecule has 0 radical (unpaired) electrons. The highest BCUT2D eigenvalue weighted by Crippen LogP contribution is 2.23. The van der Waals surface area contributed by atoms with Crippen molar-refractivity contribution >= 4 is 0 Å².